The number of aliphatic hydroxyl groups is 2. The largest absolute Gasteiger partial charge is 0.478 e. The molecule has 1 aliphatic heterocycles. The van der Waals surface area contributed by atoms with Gasteiger partial charge in [0.25, 0.3) is 0 Å². The first-order valence-electron chi connectivity index (χ1n) is 7.49. The molecular formula is C16H15NO6. The van der Waals surface area contributed by atoms with Crippen molar-refractivity contribution in [1.29, 1.82) is 0 Å². The molecule has 6 atom stereocenters. The van der Waals surface area contributed by atoms with E-state index in [-0.39, 0.29) is 11.3 Å². The predicted molar refractivity (Wildman–Crippen MR) is 76.5 cm³/mol. The van der Waals surface area contributed by atoms with Crippen molar-refractivity contribution in [2.75, 3.05) is 4.90 Å². The number of amides is 2. The van der Waals surface area contributed by atoms with E-state index in [9.17, 15) is 29.7 Å². The van der Waals surface area contributed by atoms with Gasteiger partial charge in [0.1, 0.15) is 0 Å². The van der Waals surface area contributed by atoms with Crippen LogP contribution >= 0.6 is 0 Å². The average Bonchev–Trinajstić information content (AvgIpc) is 3.12. The zero-order chi connectivity index (χ0) is 16.5. The van der Waals surface area contributed by atoms with E-state index in [4.69, 9.17) is 0 Å². The Bertz CT molecular complexity index is 699. The first-order chi connectivity index (χ1) is 10.9. The van der Waals surface area contributed by atoms with Gasteiger partial charge in [-0.15, -0.1) is 0 Å². The van der Waals surface area contributed by atoms with Crippen molar-refractivity contribution in [1.82, 2.24) is 0 Å². The van der Waals surface area contributed by atoms with E-state index < -0.39 is 53.7 Å². The highest BCUT2D eigenvalue weighted by Gasteiger charge is 2.67. The second kappa shape index (κ2) is 4.62. The SMILES string of the molecule is O=C(O)c1ccccc1N1C(=O)[C@@H]2[C@@H]3C[C@@H]([C@@H](O)[C@H]3O)[C@H]2C1=O. The molecule has 23 heavy (non-hydrogen) atoms. The summed E-state index contributed by atoms with van der Waals surface area (Å²) in [6.45, 7) is 0. The van der Waals surface area contributed by atoms with Crippen LogP contribution in [0, 0.1) is 23.7 Å². The van der Waals surface area contributed by atoms with Gasteiger partial charge < -0.3 is 15.3 Å². The minimum Gasteiger partial charge on any atom is -0.478 e. The molecule has 1 aromatic carbocycles. The van der Waals surface area contributed by atoms with Gasteiger partial charge in [-0.1, -0.05) is 12.1 Å². The highest BCUT2D eigenvalue weighted by molar-refractivity contribution is 6.24. The molecule has 4 rings (SSSR count). The fourth-order valence-electron chi connectivity index (χ4n) is 4.52. The summed E-state index contributed by atoms with van der Waals surface area (Å²) in [5.41, 5.74) is -0.0737. The number of carbonyl (C=O) groups excluding carboxylic acids is 2. The fraction of sp³-hybridized carbons (Fsp3) is 0.438. The summed E-state index contributed by atoms with van der Waals surface area (Å²) in [6.07, 6.45) is -1.57. The van der Waals surface area contributed by atoms with Crippen molar-refractivity contribution in [3.05, 3.63) is 29.8 Å². The number of aliphatic hydroxyl groups excluding tert-OH is 2. The number of carbonyl (C=O) groups is 3. The Morgan fingerprint density at radius 1 is 1.00 bits per heavy atom. The third kappa shape index (κ3) is 1.69. The van der Waals surface area contributed by atoms with E-state index in [2.05, 4.69) is 0 Å². The van der Waals surface area contributed by atoms with Gasteiger partial charge >= 0.3 is 5.97 Å². The molecule has 7 nitrogen and oxygen atoms in total. The maximum Gasteiger partial charge on any atom is 0.337 e. The average molecular weight is 317 g/mol. The van der Waals surface area contributed by atoms with Crippen LogP contribution < -0.4 is 4.90 Å². The van der Waals surface area contributed by atoms with E-state index in [0.717, 1.165) is 4.90 Å². The monoisotopic (exact) mass is 317 g/mol. The maximum absolute atomic E-state index is 12.7. The minimum absolute atomic E-state index is 0.0489. The Kier molecular flexibility index (Phi) is 2.88. The quantitative estimate of drug-likeness (QED) is 0.654. The van der Waals surface area contributed by atoms with Crippen LogP contribution in [0.1, 0.15) is 16.8 Å². The Morgan fingerprint density at radius 2 is 1.52 bits per heavy atom. The molecule has 2 saturated carbocycles. The molecule has 0 radical (unpaired) electrons. The van der Waals surface area contributed by atoms with Crippen LogP contribution in [0.4, 0.5) is 5.69 Å². The lowest BCUT2D eigenvalue weighted by atomic mass is 9.78. The molecule has 2 amide bonds. The summed E-state index contributed by atoms with van der Waals surface area (Å²) in [5, 5.41) is 29.3. The summed E-state index contributed by atoms with van der Waals surface area (Å²) in [7, 11) is 0. The van der Waals surface area contributed by atoms with Crippen molar-refractivity contribution in [3.63, 3.8) is 0 Å². The number of rotatable bonds is 2. The summed E-state index contributed by atoms with van der Waals surface area (Å²) >= 11 is 0. The number of hydrogen-bond acceptors (Lipinski definition) is 5. The van der Waals surface area contributed by atoms with Crippen LogP contribution in [0.5, 0.6) is 0 Å². The van der Waals surface area contributed by atoms with Gasteiger partial charge in [-0.3, -0.25) is 9.59 Å². The van der Waals surface area contributed by atoms with Gasteiger partial charge in [-0.2, -0.15) is 0 Å². The number of nitrogens with zero attached hydrogens (tertiary/aromatic N) is 1. The number of anilines is 1. The van der Waals surface area contributed by atoms with Gasteiger partial charge in [0, 0.05) is 11.8 Å². The topological polar surface area (TPSA) is 115 Å². The van der Waals surface area contributed by atoms with Gasteiger partial charge in [-0.25, -0.2) is 9.69 Å². The number of benzene rings is 1. The molecule has 1 saturated heterocycles. The van der Waals surface area contributed by atoms with E-state index >= 15 is 0 Å². The van der Waals surface area contributed by atoms with Crippen LogP contribution in [0.2, 0.25) is 0 Å². The number of aromatic carboxylic acids is 1. The molecular weight excluding hydrogens is 302 g/mol. The van der Waals surface area contributed by atoms with Crippen molar-refractivity contribution in [2.24, 2.45) is 23.7 Å². The molecule has 1 heterocycles. The Hall–Kier alpha value is -2.25. The third-order valence-electron chi connectivity index (χ3n) is 5.47. The first-order valence-corrected chi connectivity index (χ1v) is 7.49. The number of fused-ring (bicyclic) bond motifs is 5. The lowest BCUT2D eigenvalue weighted by Gasteiger charge is -2.29. The zero-order valence-corrected chi connectivity index (χ0v) is 12.0. The van der Waals surface area contributed by atoms with E-state index in [1.54, 1.807) is 6.07 Å². The number of carboxylic acids is 1. The lowest BCUT2D eigenvalue weighted by molar-refractivity contribution is -0.129. The van der Waals surface area contributed by atoms with Gasteiger partial charge in [0.15, 0.2) is 0 Å². The van der Waals surface area contributed by atoms with Crippen LogP contribution in [-0.2, 0) is 9.59 Å². The number of para-hydroxylation sites is 1. The molecule has 0 unspecified atom stereocenters. The van der Waals surface area contributed by atoms with E-state index in [1.165, 1.54) is 18.2 Å². The highest BCUT2D eigenvalue weighted by Crippen LogP contribution is 2.56. The molecule has 0 aromatic heterocycles. The summed E-state index contributed by atoms with van der Waals surface area (Å²) < 4.78 is 0. The van der Waals surface area contributed by atoms with Crippen LogP contribution in [-0.4, -0.2) is 45.3 Å². The van der Waals surface area contributed by atoms with Crippen LogP contribution in [0.3, 0.4) is 0 Å². The molecule has 120 valence electrons. The Morgan fingerprint density at radius 3 is 2.04 bits per heavy atom. The second-order valence-electron chi connectivity index (χ2n) is 6.43. The molecule has 3 aliphatic rings. The Labute approximate surface area is 131 Å². The maximum atomic E-state index is 12.7. The van der Waals surface area contributed by atoms with E-state index in [0.29, 0.717) is 6.42 Å². The molecule has 7 heteroatoms. The molecule has 2 bridgehead atoms. The molecule has 2 aliphatic carbocycles. The summed E-state index contributed by atoms with van der Waals surface area (Å²) in [5.74, 6) is -4.42. The fourth-order valence-corrected chi connectivity index (χ4v) is 4.52. The number of carboxylic acid groups (broad SMARTS) is 1. The normalized spacial score (nSPS) is 38.3. The van der Waals surface area contributed by atoms with E-state index in [1.807, 2.05) is 0 Å². The highest BCUT2D eigenvalue weighted by atomic mass is 16.4. The predicted octanol–water partition coefficient (Wildman–Crippen LogP) is -0.138. The third-order valence-corrected chi connectivity index (χ3v) is 5.47. The minimum atomic E-state index is -1.22. The van der Waals surface area contributed by atoms with Crippen molar-refractivity contribution in [3.8, 4) is 0 Å². The van der Waals surface area contributed by atoms with Gasteiger partial charge in [0.2, 0.25) is 11.8 Å². The van der Waals surface area contributed by atoms with Crippen LogP contribution in [0.15, 0.2) is 24.3 Å². The van der Waals surface area contributed by atoms with Gasteiger partial charge in [0.05, 0.1) is 35.3 Å². The number of hydrogen-bond donors (Lipinski definition) is 3. The van der Waals surface area contributed by atoms with Gasteiger partial charge in [-0.05, 0) is 18.6 Å². The van der Waals surface area contributed by atoms with Crippen LogP contribution in [0.25, 0.3) is 0 Å². The van der Waals surface area contributed by atoms with Crippen molar-refractivity contribution >= 4 is 23.5 Å². The van der Waals surface area contributed by atoms with Crippen molar-refractivity contribution < 1.29 is 29.7 Å². The summed E-state index contributed by atoms with van der Waals surface area (Å²) in [6, 6.07) is 5.85. The number of imide groups is 1. The molecule has 0 spiro atoms. The summed E-state index contributed by atoms with van der Waals surface area (Å²) in [4.78, 5) is 37.7. The first kappa shape index (κ1) is 14.3. The smallest absolute Gasteiger partial charge is 0.337 e. The molecule has 3 N–H and O–H groups in total. The second-order valence-corrected chi connectivity index (χ2v) is 6.43. The lowest BCUT2D eigenvalue weighted by Crippen LogP contribution is -2.43. The zero-order valence-electron chi connectivity index (χ0n) is 12.0. The molecule has 1 aromatic rings. The standard InChI is InChI=1S/C16H15NO6/c18-12-7-5-8(13(12)19)11-10(7)14(20)17(15(11)21)9-4-2-1-3-6(9)16(22)23/h1-4,7-8,10-13,18-19H,5H2,(H,22,23)/t7-,8+,10-,11-,12-,13+/m1/s1. The van der Waals surface area contributed by atoms with Crippen molar-refractivity contribution in [2.45, 2.75) is 18.6 Å². The molecule has 3 fully saturated rings. The Balaban J connectivity index is 1.78.